The zero-order chi connectivity index (χ0) is 18.5. The molecule has 1 aliphatic rings. The first-order valence-corrected chi connectivity index (χ1v) is 8.83. The first-order chi connectivity index (χ1) is 12.6. The molecule has 7 heteroatoms. The third-order valence-electron chi connectivity index (χ3n) is 4.54. The molecular weight excluding hydrogens is 330 g/mol. The quantitative estimate of drug-likeness (QED) is 0.882. The van der Waals surface area contributed by atoms with Crippen molar-refractivity contribution in [2.75, 3.05) is 30.4 Å². The van der Waals surface area contributed by atoms with Gasteiger partial charge in [0.1, 0.15) is 11.6 Å². The molecule has 1 aromatic carbocycles. The van der Waals surface area contributed by atoms with Crippen LogP contribution in [0, 0.1) is 13.8 Å². The maximum absolute atomic E-state index is 12.1. The zero-order valence-electron chi connectivity index (χ0n) is 15.5. The van der Waals surface area contributed by atoms with Crippen molar-refractivity contribution in [1.29, 1.82) is 0 Å². The molecule has 0 spiro atoms. The zero-order valence-corrected chi connectivity index (χ0v) is 15.5. The highest BCUT2D eigenvalue weighted by Crippen LogP contribution is 2.27. The second kappa shape index (κ2) is 8.03. The number of benzene rings is 1. The molecule has 2 aromatic rings. The third-order valence-corrected chi connectivity index (χ3v) is 4.54. The first kappa shape index (κ1) is 18.0. The highest BCUT2D eigenvalue weighted by Gasteiger charge is 2.24. The highest BCUT2D eigenvalue weighted by atomic mass is 16.5. The van der Waals surface area contributed by atoms with E-state index in [1.54, 1.807) is 7.11 Å². The van der Waals surface area contributed by atoms with Crippen LogP contribution in [0.1, 0.15) is 24.2 Å². The summed E-state index contributed by atoms with van der Waals surface area (Å²) in [7, 11) is 1.63. The molecule has 2 N–H and O–H groups in total. The number of hydrogen-bond acceptors (Lipinski definition) is 5. The number of para-hydroxylation sites is 1. The second-order valence-electron chi connectivity index (χ2n) is 6.45. The fourth-order valence-corrected chi connectivity index (χ4v) is 3.20. The lowest BCUT2D eigenvalue weighted by atomic mass is 10.0. The summed E-state index contributed by atoms with van der Waals surface area (Å²) in [5.41, 5.74) is 1.74. The van der Waals surface area contributed by atoms with Crippen LogP contribution in [0.2, 0.25) is 0 Å². The minimum absolute atomic E-state index is 0.153. The van der Waals surface area contributed by atoms with Gasteiger partial charge < -0.3 is 20.3 Å². The number of anilines is 2. The summed E-state index contributed by atoms with van der Waals surface area (Å²) in [5, 5.41) is 5.92. The maximum atomic E-state index is 12.1. The number of nitrogens with zero attached hydrogens (tertiary/aromatic N) is 3. The Hall–Kier alpha value is -2.83. The number of aryl methyl sites for hydroxylation is 1. The van der Waals surface area contributed by atoms with Crippen molar-refractivity contribution >= 4 is 17.5 Å². The van der Waals surface area contributed by atoms with Crippen molar-refractivity contribution in [3.05, 3.63) is 41.7 Å². The van der Waals surface area contributed by atoms with Gasteiger partial charge in [-0.1, -0.05) is 18.2 Å². The van der Waals surface area contributed by atoms with E-state index in [1.165, 1.54) is 0 Å². The van der Waals surface area contributed by atoms with Crippen LogP contribution in [-0.2, 0) is 0 Å². The number of nitrogens with one attached hydrogen (secondary N) is 2. The Morgan fingerprint density at radius 3 is 2.50 bits per heavy atom. The van der Waals surface area contributed by atoms with E-state index >= 15 is 0 Å². The summed E-state index contributed by atoms with van der Waals surface area (Å²) in [6.07, 6.45) is 1.74. The molecule has 1 aliphatic heterocycles. The van der Waals surface area contributed by atoms with E-state index in [9.17, 15) is 4.79 Å². The van der Waals surface area contributed by atoms with E-state index in [4.69, 9.17) is 4.74 Å². The number of rotatable bonds is 4. The Morgan fingerprint density at radius 2 is 1.85 bits per heavy atom. The number of hydrogen-bond donors (Lipinski definition) is 2. The van der Waals surface area contributed by atoms with Gasteiger partial charge in [-0.15, -0.1) is 0 Å². The SMILES string of the molecule is COc1nc(C)nc(N2CCC(NC(=O)Nc3ccccc3)CC2)c1C. The van der Waals surface area contributed by atoms with Crippen molar-refractivity contribution < 1.29 is 9.53 Å². The fourth-order valence-electron chi connectivity index (χ4n) is 3.20. The van der Waals surface area contributed by atoms with E-state index in [1.807, 2.05) is 44.2 Å². The van der Waals surface area contributed by atoms with Gasteiger partial charge in [-0.2, -0.15) is 4.98 Å². The lowest BCUT2D eigenvalue weighted by Crippen LogP contribution is -2.46. The number of piperidine rings is 1. The molecule has 0 unspecified atom stereocenters. The highest BCUT2D eigenvalue weighted by molar-refractivity contribution is 5.89. The molecule has 0 atom stereocenters. The lowest BCUT2D eigenvalue weighted by Gasteiger charge is -2.34. The fraction of sp³-hybridized carbons (Fsp3) is 0.421. The lowest BCUT2D eigenvalue weighted by molar-refractivity contribution is 0.246. The van der Waals surface area contributed by atoms with Crippen molar-refractivity contribution in [2.45, 2.75) is 32.7 Å². The number of amides is 2. The van der Waals surface area contributed by atoms with Gasteiger partial charge >= 0.3 is 6.03 Å². The van der Waals surface area contributed by atoms with Crippen LogP contribution in [0.15, 0.2) is 30.3 Å². The minimum atomic E-state index is -0.162. The Labute approximate surface area is 153 Å². The van der Waals surface area contributed by atoms with E-state index < -0.39 is 0 Å². The molecule has 0 saturated carbocycles. The number of carbonyl (C=O) groups is 1. The average Bonchev–Trinajstić information content (AvgIpc) is 2.65. The van der Waals surface area contributed by atoms with Gasteiger partial charge in [-0.05, 0) is 38.8 Å². The Morgan fingerprint density at radius 1 is 1.15 bits per heavy atom. The van der Waals surface area contributed by atoms with Gasteiger partial charge in [-0.25, -0.2) is 9.78 Å². The standard InChI is InChI=1S/C19H25N5O2/c1-13-17(20-14(2)21-18(13)26-3)24-11-9-16(10-12-24)23-19(25)22-15-7-5-4-6-8-15/h4-8,16H,9-12H2,1-3H3,(H2,22,23,25). The van der Waals surface area contributed by atoms with Crippen LogP contribution in [-0.4, -0.2) is 42.2 Å². The molecule has 0 bridgehead atoms. The summed E-state index contributed by atoms with van der Waals surface area (Å²) in [5.74, 6) is 2.24. The van der Waals surface area contributed by atoms with Crippen LogP contribution in [0.25, 0.3) is 0 Å². The molecule has 2 heterocycles. The topological polar surface area (TPSA) is 79.4 Å². The maximum Gasteiger partial charge on any atom is 0.319 e. The molecule has 1 fully saturated rings. The summed E-state index contributed by atoms with van der Waals surface area (Å²) in [6.45, 7) is 5.51. The average molecular weight is 355 g/mol. The summed E-state index contributed by atoms with van der Waals surface area (Å²) in [6, 6.07) is 9.45. The molecule has 26 heavy (non-hydrogen) atoms. The number of urea groups is 1. The summed E-state index contributed by atoms with van der Waals surface area (Å²) < 4.78 is 5.34. The normalized spacial score (nSPS) is 14.8. The van der Waals surface area contributed by atoms with Crippen LogP contribution < -0.4 is 20.3 Å². The molecule has 0 radical (unpaired) electrons. The van der Waals surface area contributed by atoms with Gasteiger partial charge in [0.2, 0.25) is 5.88 Å². The van der Waals surface area contributed by atoms with Crippen molar-refractivity contribution in [3.8, 4) is 5.88 Å². The Kier molecular flexibility index (Phi) is 5.55. The predicted molar refractivity (Wildman–Crippen MR) is 102 cm³/mol. The number of carbonyl (C=O) groups excluding carboxylic acids is 1. The third kappa shape index (κ3) is 4.22. The van der Waals surface area contributed by atoms with Crippen molar-refractivity contribution in [1.82, 2.24) is 15.3 Å². The molecule has 2 amide bonds. The summed E-state index contributed by atoms with van der Waals surface area (Å²) in [4.78, 5) is 23.3. The second-order valence-corrected chi connectivity index (χ2v) is 6.45. The van der Waals surface area contributed by atoms with Gasteiger partial charge in [0.05, 0.1) is 12.7 Å². The molecule has 1 aromatic heterocycles. The molecular formula is C19H25N5O2. The van der Waals surface area contributed by atoms with Crippen LogP contribution >= 0.6 is 0 Å². The Bertz CT molecular complexity index is 758. The molecule has 138 valence electrons. The smallest absolute Gasteiger partial charge is 0.319 e. The van der Waals surface area contributed by atoms with Crippen LogP contribution in [0.5, 0.6) is 5.88 Å². The van der Waals surface area contributed by atoms with Gasteiger partial charge in [0, 0.05) is 24.8 Å². The molecule has 0 aliphatic carbocycles. The largest absolute Gasteiger partial charge is 0.481 e. The monoisotopic (exact) mass is 355 g/mol. The van der Waals surface area contributed by atoms with Gasteiger partial charge in [0.25, 0.3) is 0 Å². The van der Waals surface area contributed by atoms with E-state index in [2.05, 4.69) is 25.5 Å². The van der Waals surface area contributed by atoms with Crippen LogP contribution in [0.4, 0.5) is 16.3 Å². The first-order valence-electron chi connectivity index (χ1n) is 8.83. The molecule has 7 nitrogen and oxygen atoms in total. The van der Waals surface area contributed by atoms with Gasteiger partial charge in [-0.3, -0.25) is 0 Å². The van der Waals surface area contributed by atoms with E-state index in [0.29, 0.717) is 11.7 Å². The Balaban J connectivity index is 1.56. The number of aromatic nitrogens is 2. The molecule has 1 saturated heterocycles. The predicted octanol–water partition coefficient (Wildman–Crippen LogP) is 2.89. The molecule has 3 rings (SSSR count). The van der Waals surface area contributed by atoms with Crippen molar-refractivity contribution in [3.63, 3.8) is 0 Å². The summed E-state index contributed by atoms with van der Waals surface area (Å²) >= 11 is 0. The van der Waals surface area contributed by atoms with Crippen molar-refractivity contribution in [2.24, 2.45) is 0 Å². The van der Waals surface area contributed by atoms with Crippen LogP contribution in [0.3, 0.4) is 0 Å². The van der Waals surface area contributed by atoms with Gasteiger partial charge in [0.15, 0.2) is 0 Å². The van der Waals surface area contributed by atoms with E-state index in [0.717, 1.165) is 43.0 Å². The van der Waals surface area contributed by atoms with E-state index in [-0.39, 0.29) is 12.1 Å². The minimum Gasteiger partial charge on any atom is -0.481 e. The number of ether oxygens (including phenoxy) is 1. The number of methoxy groups -OCH3 is 1.